The number of rotatable bonds is 4. The first-order valence-electron chi connectivity index (χ1n) is 4.05. The number of benzene rings is 1. The minimum Gasteiger partial charge on any atom is -0.496 e. The largest absolute Gasteiger partial charge is 0.496 e. The standard InChI is InChI=1S/C10H13IO2/c1-12-9-6-4-3-5-8(9)10(7-11)13-2/h3-6,10H,7H2,1-2H3. The topological polar surface area (TPSA) is 18.5 Å². The van der Waals surface area contributed by atoms with Gasteiger partial charge in [-0.1, -0.05) is 40.8 Å². The molecule has 13 heavy (non-hydrogen) atoms. The van der Waals surface area contributed by atoms with Crippen molar-refractivity contribution in [1.29, 1.82) is 0 Å². The van der Waals surface area contributed by atoms with Crippen LogP contribution in [-0.2, 0) is 4.74 Å². The van der Waals surface area contributed by atoms with Gasteiger partial charge in [0, 0.05) is 17.1 Å². The molecule has 0 saturated carbocycles. The van der Waals surface area contributed by atoms with E-state index in [1.807, 2.05) is 24.3 Å². The molecule has 0 aromatic heterocycles. The molecule has 1 atom stereocenters. The predicted molar refractivity (Wildman–Crippen MR) is 61.6 cm³/mol. The molecule has 0 spiro atoms. The average Bonchev–Trinajstić information content (AvgIpc) is 2.20. The van der Waals surface area contributed by atoms with Gasteiger partial charge in [-0.25, -0.2) is 0 Å². The highest BCUT2D eigenvalue weighted by Crippen LogP contribution is 2.27. The van der Waals surface area contributed by atoms with Gasteiger partial charge in [0.2, 0.25) is 0 Å². The first-order valence-corrected chi connectivity index (χ1v) is 5.57. The molecule has 1 rings (SSSR count). The van der Waals surface area contributed by atoms with Crippen LogP contribution in [0.4, 0.5) is 0 Å². The third-order valence-corrected chi connectivity index (χ3v) is 2.71. The molecule has 3 heteroatoms. The molecule has 1 aromatic rings. The molecule has 0 aliphatic rings. The van der Waals surface area contributed by atoms with Crippen molar-refractivity contribution in [2.75, 3.05) is 18.6 Å². The van der Waals surface area contributed by atoms with Crippen molar-refractivity contribution in [3.05, 3.63) is 29.8 Å². The molecule has 0 N–H and O–H groups in total. The zero-order chi connectivity index (χ0) is 9.68. The molecule has 0 aliphatic carbocycles. The Labute approximate surface area is 92.4 Å². The Morgan fingerprint density at radius 3 is 2.54 bits per heavy atom. The lowest BCUT2D eigenvalue weighted by Gasteiger charge is -2.15. The minimum absolute atomic E-state index is 0.122. The second-order valence-electron chi connectivity index (χ2n) is 2.62. The monoisotopic (exact) mass is 292 g/mol. The highest BCUT2D eigenvalue weighted by atomic mass is 127. The van der Waals surface area contributed by atoms with Crippen LogP contribution in [0.1, 0.15) is 11.7 Å². The summed E-state index contributed by atoms with van der Waals surface area (Å²) in [5.41, 5.74) is 1.11. The normalized spacial score (nSPS) is 12.5. The van der Waals surface area contributed by atoms with Crippen LogP contribution in [0.15, 0.2) is 24.3 Å². The van der Waals surface area contributed by atoms with Crippen molar-refractivity contribution in [3.63, 3.8) is 0 Å². The molecule has 0 heterocycles. The summed E-state index contributed by atoms with van der Waals surface area (Å²) in [5.74, 6) is 0.894. The van der Waals surface area contributed by atoms with Gasteiger partial charge < -0.3 is 9.47 Å². The SMILES string of the molecule is COc1ccccc1C(CI)OC. The summed E-state index contributed by atoms with van der Waals surface area (Å²) in [4.78, 5) is 0. The van der Waals surface area contributed by atoms with Gasteiger partial charge in [0.1, 0.15) is 5.75 Å². The summed E-state index contributed by atoms with van der Waals surface area (Å²) < 4.78 is 11.5. The number of halogens is 1. The van der Waals surface area contributed by atoms with Gasteiger partial charge in [-0.15, -0.1) is 0 Å². The Morgan fingerprint density at radius 2 is 2.00 bits per heavy atom. The van der Waals surface area contributed by atoms with E-state index in [2.05, 4.69) is 22.6 Å². The van der Waals surface area contributed by atoms with Gasteiger partial charge >= 0.3 is 0 Å². The van der Waals surface area contributed by atoms with Crippen LogP contribution in [0.2, 0.25) is 0 Å². The van der Waals surface area contributed by atoms with Gasteiger partial charge in [-0.2, -0.15) is 0 Å². The van der Waals surface area contributed by atoms with Crippen LogP contribution < -0.4 is 4.74 Å². The molecule has 0 radical (unpaired) electrons. The number of alkyl halides is 1. The lowest BCUT2D eigenvalue weighted by molar-refractivity contribution is 0.123. The van der Waals surface area contributed by atoms with Crippen LogP contribution >= 0.6 is 22.6 Å². The third-order valence-electron chi connectivity index (χ3n) is 1.91. The zero-order valence-corrected chi connectivity index (χ0v) is 9.95. The van der Waals surface area contributed by atoms with E-state index >= 15 is 0 Å². The first-order chi connectivity index (χ1) is 6.33. The molecule has 72 valence electrons. The second-order valence-corrected chi connectivity index (χ2v) is 3.50. The Bertz CT molecular complexity index is 259. The van der Waals surface area contributed by atoms with E-state index in [-0.39, 0.29) is 6.10 Å². The number of hydrogen-bond donors (Lipinski definition) is 0. The minimum atomic E-state index is 0.122. The van der Waals surface area contributed by atoms with E-state index < -0.39 is 0 Å². The van der Waals surface area contributed by atoms with Gasteiger partial charge in [0.05, 0.1) is 13.2 Å². The third kappa shape index (κ3) is 2.57. The Hall–Kier alpha value is -0.290. The van der Waals surface area contributed by atoms with Crippen molar-refractivity contribution in [2.45, 2.75) is 6.10 Å². The van der Waals surface area contributed by atoms with Crippen LogP contribution in [-0.4, -0.2) is 18.6 Å². The predicted octanol–water partition coefficient (Wildman–Crippen LogP) is 2.82. The summed E-state index contributed by atoms with van der Waals surface area (Å²) >= 11 is 2.31. The summed E-state index contributed by atoms with van der Waals surface area (Å²) in [7, 11) is 3.40. The van der Waals surface area contributed by atoms with Crippen molar-refractivity contribution in [3.8, 4) is 5.75 Å². The molecule has 1 unspecified atom stereocenters. The molecule has 1 aromatic carbocycles. The molecule has 0 amide bonds. The first kappa shape index (κ1) is 10.8. The molecular formula is C10H13IO2. The Morgan fingerprint density at radius 1 is 1.31 bits per heavy atom. The fourth-order valence-electron chi connectivity index (χ4n) is 1.21. The van der Waals surface area contributed by atoms with E-state index in [0.717, 1.165) is 15.7 Å². The van der Waals surface area contributed by atoms with Gasteiger partial charge in [-0.3, -0.25) is 0 Å². The second kappa shape index (κ2) is 5.44. The number of hydrogen-bond acceptors (Lipinski definition) is 2. The maximum Gasteiger partial charge on any atom is 0.124 e. The van der Waals surface area contributed by atoms with Crippen molar-refractivity contribution in [1.82, 2.24) is 0 Å². The van der Waals surface area contributed by atoms with E-state index in [1.54, 1.807) is 14.2 Å². The molecule has 0 fully saturated rings. The lowest BCUT2D eigenvalue weighted by atomic mass is 10.1. The molecule has 0 aliphatic heterocycles. The summed E-state index contributed by atoms with van der Waals surface area (Å²) in [6, 6.07) is 7.94. The van der Waals surface area contributed by atoms with Crippen LogP contribution in [0.5, 0.6) is 5.75 Å². The van der Waals surface area contributed by atoms with Gasteiger partial charge in [0.15, 0.2) is 0 Å². The van der Waals surface area contributed by atoms with Crippen LogP contribution in [0.25, 0.3) is 0 Å². The molecule has 0 bridgehead atoms. The zero-order valence-electron chi connectivity index (χ0n) is 7.79. The number of para-hydroxylation sites is 1. The summed E-state index contributed by atoms with van der Waals surface area (Å²) in [6.45, 7) is 0. The van der Waals surface area contributed by atoms with Crippen LogP contribution in [0.3, 0.4) is 0 Å². The van der Waals surface area contributed by atoms with E-state index in [0.29, 0.717) is 0 Å². The lowest BCUT2D eigenvalue weighted by Crippen LogP contribution is -2.04. The number of methoxy groups -OCH3 is 2. The van der Waals surface area contributed by atoms with Gasteiger partial charge in [-0.05, 0) is 6.07 Å². The van der Waals surface area contributed by atoms with Crippen LogP contribution in [0, 0.1) is 0 Å². The molecule has 2 nitrogen and oxygen atoms in total. The maximum absolute atomic E-state index is 5.34. The Kier molecular flexibility index (Phi) is 4.52. The van der Waals surface area contributed by atoms with Crippen molar-refractivity contribution in [2.24, 2.45) is 0 Å². The van der Waals surface area contributed by atoms with E-state index in [4.69, 9.17) is 9.47 Å². The highest BCUT2D eigenvalue weighted by molar-refractivity contribution is 14.1. The smallest absolute Gasteiger partial charge is 0.124 e. The highest BCUT2D eigenvalue weighted by Gasteiger charge is 2.12. The fraction of sp³-hybridized carbons (Fsp3) is 0.400. The summed E-state index contributed by atoms with van der Waals surface area (Å²) in [6.07, 6.45) is 0.122. The van der Waals surface area contributed by atoms with E-state index in [9.17, 15) is 0 Å². The fourth-order valence-corrected chi connectivity index (χ4v) is 2.04. The maximum atomic E-state index is 5.34. The molecule has 0 saturated heterocycles. The average molecular weight is 292 g/mol. The Balaban J connectivity index is 2.96. The van der Waals surface area contributed by atoms with Gasteiger partial charge in [0.25, 0.3) is 0 Å². The van der Waals surface area contributed by atoms with Crippen molar-refractivity contribution < 1.29 is 9.47 Å². The quantitative estimate of drug-likeness (QED) is 0.627. The van der Waals surface area contributed by atoms with Crippen molar-refractivity contribution >= 4 is 22.6 Å². The summed E-state index contributed by atoms with van der Waals surface area (Å²) in [5, 5.41) is 0. The van der Waals surface area contributed by atoms with E-state index in [1.165, 1.54) is 0 Å². The molecular weight excluding hydrogens is 279 g/mol. The number of ether oxygens (including phenoxy) is 2.